The molecule has 0 aliphatic carbocycles. The van der Waals surface area contributed by atoms with E-state index in [1.807, 2.05) is 6.20 Å². The average molecular weight is 260 g/mol. The Hall–Kier alpha value is -0.280. The van der Waals surface area contributed by atoms with Gasteiger partial charge >= 0.3 is 0 Å². The molecule has 0 saturated heterocycles. The first-order chi connectivity index (χ1) is 6.70. The summed E-state index contributed by atoms with van der Waals surface area (Å²) in [5.74, 6) is 0. The summed E-state index contributed by atoms with van der Waals surface area (Å²) in [6.45, 7) is 8.14. The lowest BCUT2D eigenvalue weighted by Gasteiger charge is -2.23. The second kappa shape index (κ2) is 5.56. The number of quaternary nitrogens is 1. The largest absolute Gasteiger partial charge is 0.302 e. The Morgan fingerprint density at radius 3 is 2.86 bits per heavy atom. The van der Waals surface area contributed by atoms with E-state index >= 15 is 0 Å². The molecule has 1 aliphatic rings. The van der Waals surface area contributed by atoms with Crippen molar-refractivity contribution >= 4 is 16.1 Å². The number of halogens is 1. The van der Waals surface area contributed by atoms with Crippen LogP contribution < -0.4 is 0 Å². The third-order valence-corrected chi connectivity index (χ3v) is 3.36. The number of nitrogens with zero attached hydrogens (tertiary/aromatic N) is 2. The van der Waals surface area contributed by atoms with Crippen molar-refractivity contribution in [3.05, 3.63) is 25.2 Å². The summed E-state index contributed by atoms with van der Waals surface area (Å²) in [7, 11) is 0. The summed E-state index contributed by atoms with van der Waals surface area (Å²) >= 11 is 3.74. The van der Waals surface area contributed by atoms with Crippen LogP contribution in [0.3, 0.4) is 0 Å². The fourth-order valence-corrected chi connectivity index (χ4v) is 2.25. The van der Waals surface area contributed by atoms with E-state index in [1.165, 1.54) is 32.2 Å². The van der Waals surface area contributed by atoms with E-state index < -0.39 is 0 Å². The van der Waals surface area contributed by atoms with E-state index in [9.17, 15) is 0 Å². The molecule has 2 nitrogen and oxygen atoms in total. The number of rotatable bonds is 6. The van der Waals surface area contributed by atoms with E-state index in [0.717, 1.165) is 10.2 Å². The average Bonchev–Trinajstić information content (AvgIpc) is 2.56. The van der Waals surface area contributed by atoms with E-state index in [4.69, 9.17) is 0 Å². The van der Waals surface area contributed by atoms with Gasteiger partial charge in [0.25, 0.3) is 0 Å². The van der Waals surface area contributed by atoms with Crippen LogP contribution in [0.5, 0.6) is 0 Å². The lowest BCUT2D eigenvalue weighted by Crippen LogP contribution is -2.34. The van der Waals surface area contributed by atoms with Crippen LogP contribution in [0.25, 0.3) is 0 Å². The number of hydrogen-bond acceptors (Lipinski definition) is 1. The van der Waals surface area contributed by atoms with Crippen molar-refractivity contribution in [1.29, 1.82) is 0 Å². The number of hydrogen-bond donors (Lipinski definition) is 0. The molecule has 14 heavy (non-hydrogen) atoms. The van der Waals surface area contributed by atoms with Gasteiger partial charge < -0.3 is 4.90 Å². The van der Waals surface area contributed by atoms with Crippen LogP contribution in [-0.4, -0.2) is 21.6 Å². The molecule has 0 bridgehead atoms. The highest BCUT2D eigenvalue weighted by Crippen LogP contribution is 2.25. The third-order valence-electron chi connectivity index (χ3n) is 2.54. The second-order valence-electron chi connectivity index (χ2n) is 3.85. The van der Waals surface area contributed by atoms with E-state index in [-0.39, 0.29) is 0 Å². The lowest BCUT2D eigenvalue weighted by atomic mass is 10.2. The number of unbranched alkanes of at least 4 members (excludes halogenated alkanes) is 3. The Kier molecular flexibility index (Phi) is 4.69. The van der Waals surface area contributed by atoms with Crippen LogP contribution in [0.4, 0.5) is 0 Å². The molecule has 1 heterocycles. The Bertz CT molecular complexity index is 215. The molecule has 0 radical (unpaired) electrons. The summed E-state index contributed by atoms with van der Waals surface area (Å²) in [6, 6.07) is 0. The minimum atomic E-state index is 0.850. The predicted molar refractivity (Wildman–Crippen MR) is 64.2 cm³/mol. The van der Waals surface area contributed by atoms with Gasteiger partial charge in [0, 0.05) is 6.20 Å². The predicted octanol–water partition coefficient (Wildman–Crippen LogP) is 3.58. The zero-order valence-corrected chi connectivity index (χ0v) is 10.5. The summed E-state index contributed by atoms with van der Waals surface area (Å²) in [5, 5.41) is 0. The highest BCUT2D eigenvalue weighted by atomic mass is 79.9. The summed E-state index contributed by atoms with van der Waals surface area (Å²) in [6.07, 6.45) is 11.4. The molecule has 1 aliphatic heterocycles. The molecule has 0 N–H and O–H groups in total. The fraction of sp³-hybridized carbons (Fsp3) is 0.636. The first-order valence-electron chi connectivity index (χ1n) is 5.34. The normalized spacial score (nSPS) is 25.7. The molecule has 0 aromatic carbocycles. The van der Waals surface area contributed by atoms with Crippen molar-refractivity contribution in [1.82, 2.24) is 4.90 Å². The minimum absolute atomic E-state index is 0.850. The Labute approximate surface area is 95.8 Å². The molecule has 1 atom stereocenters. The van der Waals surface area contributed by atoms with E-state index in [1.54, 1.807) is 0 Å². The van der Waals surface area contributed by atoms with Crippen LogP contribution in [0.2, 0.25) is 0 Å². The first kappa shape index (κ1) is 11.8. The van der Waals surface area contributed by atoms with Gasteiger partial charge in [-0.05, 0) is 12.8 Å². The second-order valence-corrected chi connectivity index (χ2v) is 5.26. The van der Waals surface area contributed by atoms with Crippen LogP contribution in [-0.2, 0) is 0 Å². The van der Waals surface area contributed by atoms with Crippen molar-refractivity contribution in [3.8, 4) is 0 Å². The van der Waals surface area contributed by atoms with Crippen LogP contribution >= 0.6 is 16.1 Å². The molecule has 0 fully saturated rings. The third kappa shape index (κ3) is 3.46. The van der Waals surface area contributed by atoms with Crippen molar-refractivity contribution < 1.29 is 3.51 Å². The Balaban J connectivity index is 2.24. The molecule has 1 unspecified atom stereocenters. The van der Waals surface area contributed by atoms with Gasteiger partial charge in [0.15, 0.2) is 6.67 Å². The van der Waals surface area contributed by atoms with Crippen LogP contribution in [0.1, 0.15) is 32.6 Å². The molecule has 80 valence electrons. The van der Waals surface area contributed by atoms with Crippen molar-refractivity contribution in [2.75, 3.05) is 13.2 Å². The van der Waals surface area contributed by atoms with Gasteiger partial charge in [0.2, 0.25) is 16.1 Å². The maximum Gasteiger partial charge on any atom is 0.234 e. The van der Waals surface area contributed by atoms with Gasteiger partial charge in [-0.3, -0.25) is 0 Å². The molecule has 0 aromatic rings. The SMILES string of the molecule is C=CN1C=C[N+](Br)(CCCCCC)C1. The van der Waals surface area contributed by atoms with Crippen LogP contribution in [0.15, 0.2) is 25.2 Å². The van der Waals surface area contributed by atoms with Gasteiger partial charge in [-0.25, -0.2) is 3.51 Å². The van der Waals surface area contributed by atoms with E-state index in [2.05, 4.69) is 46.9 Å². The van der Waals surface area contributed by atoms with Gasteiger partial charge in [0.1, 0.15) is 6.20 Å². The standard InChI is InChI=1S/C11H20BrN2/c1-3-5-6-7-9-14(12)10-8-13(4-2)11-14/h4,8,10H,2-3,5-7,9,11H2,1H3/q+1. The molecule has 3 heteroatoms. The van der Waals surface area contributed by atoms with Gasteiger partial charge in [-0.2, -0.15) is 0 Å². The Morgan fingerprint density at radius 2 is 2.29 bits per heavy atom. The first-order valence-corrected chi connectivity index (χ1v) is 6.05. The molecular weight excluding hydrogens is 240 g/mol. The topological polar surface area (TPSA) is 3.24 Å². The van der Waals surface area contributed by atoms with Crippen LogP contribution in [0, 0.1) is 0 Å². The molecule has 0 saturated carbocycles. The summed E-state index contributed by atoms with van der Waals surface area (Å²) < 4.78 is 0.850. The smallest absolute Gasteiger partial charge is 0.234 e. The summed E-state index contributed by atoms with van der Waals surface area (Å²) in [5.41, 5.74) is 0. The zero-order valence-electron chi connectivity index (χ0n) is 8.95. The highest BCUT2D eigenvalue weighted by molar-refractivity contribution is 9.05. The lowest BCUT2D eigenvalue weighted by molar-refractivity contribution is -0.726. The highest BCUT2D eigenvalue weighted by Gasteiger charge is 2.28. The van der Waals surface area contributed by atoms with Gasteiger partial charge in [0.05, 0.1) is 12.7 Å². The monoisotopic (exact) mass is 259 g/mol. The maximum atomic E-state index is 3.76. The van der Waals surface area contributed by atoms with Gasteiger partial charge in [-0.15, -0.1) is 0 Å². The molecule has 0 amide bonds. The summed E-state index contributed by atoms with van der Waals surface area (Å²) in [4.78, 5) is 2.11. The molecular formula is C11H20BrN2+. The zero-order chi connectivity index (χ0) is 10.4. The quantitative estimate of drug-likeness (QED) is 0.521. The van der Waals surface area contributed by atoms with Crippen molar-refractivity contribution in [2.45, 2.75) is 32.6 Å². The maximum absolute atomic E-state index is 3.76. The van der Waals surface area contributed by atoms with Crippen molar-refractivity contribution in [3.63, 3.8) is 0 Å². The van der Waals surface area contributed by atoms with Gasteiger partial charge in [-0.1, -0.05) is 26.3 Å². The molecule has 0 spiro atoms. The minimum Gasteiger partial charge on any atom is -0.302 e. The van der Waals surface area contributed by atoms with Crippen molar-refractivity contribution in [2.24, 2.45) is 0 Å². The Morgan fingerprint density at radius 1 is 1.50 bits per heavy atom. The fourth-order valence-electron chi connectivity index (χ4n) is 1.64. The molecule has 0 aromatic heterocycles. The molecule has 1 rings (SSSR count). The van der Waals surface area contributed by atoms with E-state index in [0.29, 0.717) is 0 Å².